The first-order chi connectivity index (χ1) is 7.91. The zero-order valence-corrected chi connectivity index (χ0v) is 10.1. The number of carbonyl (C=O) groups is 2. The summed E-state index contributed by atoms with van der Waals surface area (Å²) in [4.78, 5) is 30.0. The third kappa shape index (κ3) is 3.67. The third-order valence-electron chi connectivity index (χ3n) is 2.06. The number of halogens is 1. The van der Waals surface area contributed by atoms with E-state index in [0.29, 0.717) is 0 Å². The summed E-state index contributed by atoms with van der Waals surface area (Å²) in [6.45, 7) is 3.39. The molecule has 92 valence electrons. The number of amides is 1. The summed E-state index contributed by atoms with van der Waals surface area (Å²) in [7, 11) is 0. The molecule has 17 heavy (non-hydrogen) atoms. The number of carbonyl (C=O) groups excluding carboxylic acids is 1. The Morgan fingerprint density at radius 1 is 1.41 bits per heavy atom. The van der Waals surface area contributed by atoms with Gasteiger partial charge in [0.05, 0.1) is 12.4 Å². The Hall–Kier alpha value is -1.69. The van der Waals surface area contributed by atoms with Crippen molar-refractivity contribution in [3.8, 4) is 0 Å². The normalized spacial score (nSPS) is 12.2. The molecule has 0 bridgehead atoms. The van der Waals surface area contributed by atoms with E-state index in [-0.39, 0.29) is 16.8 Å². The predicted molar refractivity (Wildman–Crippen MR) is 60.8 cm³/mol. The molecule has 7 heteroatoms. The van der Waals surface area contributed by atoms with E-state index in [1.807, 2.05) is 0 Å². The van der Waals surface area contributed by atoms with Crippen molar-refractivity contribution in [3.63, 3.8) is 0 Å². The van der Waals surface area contributed by atoms with Gasteiger partial charge < -0.3 is 10.4 Å². The molecule has 1 aromatic rings. The zero-order chi connectivity index (χ0) is 13.0. The molecule has 0 fully saturated rings. The molecular formula is C10H12ClN3O3. The van der Waals surface area contributed by atoms with Crippen molar-refractivity contribution in [1.29, 1.82) is 0 Å². The molecule has 0 saturated heterocycles. The molecule has 0 saturated carbocycles. The number of nitrogens with zero attached hydrogens (tertiary/aromatic N) is 2. The minimum atomic E-state index is -1.09. The summed E-state index contributed by atoms with van der Waals surface area (Å²) < 4.78 is 0. The van der Waals surface area contributed by atoms with E-state index in [0.717, 1.165) is 0 Å². The molecule has 1 rings (SSSR count). The predicted octanol–water partition coefficient (Wildman–Crippen LogP) is 0.969. The van der Waals surface area contributed by atoms with Crippen LogP contribution in [0.15, 0.2) is 12.4 Å². The van der Waals surface area contributed by atoms with Crippen molar-refractivity contribution in [2.75, 3.05) is 0 Å². The number of aromatic nitrogens is 2. The molecule has 0 aromatic carbocycles. The van der Waals surface area contributed by atoms with Crippen LogP contribution < -0.4 is 5.32 Å². The van der Waals surface area contributed by atoms with E-state index in [2.05, 4.69) is 15.3 Å². The summed E-state index contributed by atoms with van der Waals surface area (Å²) in [5.41, 5.74) is -0.00981. The van der Waals surface area contributed by atoms with Crippen LogP contribution >= 0.6 is 11.6 Å². The largest absolute Gasteiger partial charge is 0.480 e. The van der Waals surface area contributed by atoms with Gasteiger partial charge in [-0.25, -0.2) is 9.78 Å². The maximum Gasteiger partial charge on any atom is 0.326 e. The third-order valence-corrected chi connectivity index (χ3v) is 2.24. The maximum atomic E-state index is 11.7. The van der Waals surface area contributed by atoms with Crippen molar-refractivity contribution in [1.82, 2.24) is 15.3 Å². The second-order valence-electron chi connectivity index (χ2n) is 3.76. The van der Waals surface area contributed by atoms with Crippen molar-refractivity contribution in [2.24, 2.45) is 5.92 Å². The van der Waals surface area contributed by atoms with Crippen molar-refractivity contribution < 1.29 is 14.7 Å². The number of rotatable bonds is 4. The lowest BCUT2D eigenvalue weighted by atomic mass is 10.0. The van der Waals surface area contributed by atoms with Gasteiger partial charge >= 0.3 is 5.97 Å². The van der Waals surface area contributed by atoms with Crippen LogP contribution in [0.5, 0.6) is 0 Å². The molecule has 1 heterocycles. The summed E-state index contributed by atoms with van der Waals surface area (Å²) in [5.74, 6) is -1.94. The molecule has 0 unspecified atom stereocenters. The molecule has 0 aliphatic carbocycles. The topological polar surface area (TPSA) is 92.2 Å². The van der Waals surface area contributed by atoms with Crippen molar-refractivity contribution >= 4 is 23.5 Å². The highest BCUT2D eigenvalue weighted by molar-refractivity contribution is 6.29. The van der Waals surface area contributed by atoms with Crippen LogP contribution in [0.1, 0.15) is 24.3 Å². The van der Waals surface area contributed by atoms with Crippen LogP contribution in [0, 0.1) is 5.92 Å². The van der Waals surface area contributed by atoms with Gasteiger partial charge in [0.2, 0.25) is 0 Å². The monoisotopic (exact) mass is 257 g/mol. The second-order valence-corrected chi connectivity index (χ2v) is 4.15. The number of hydrogen-bond donors (Lipinski definition) is 2. The van der Waals surface area contributed by atoms with E-state index < -0.39 is 17.9 Å². The SMILES string of the molecule is CC(C)[C@@H](NC(=O)c1cncc(Cl)n1)C(=O)O. The van der Waals surface area contributed by atoms with Crippen LogP contribution in [0.3, 0.4) is 0 Å². The van der Waals surface area contributed by atoms with E-state index in [1.165, 1.54) is 12.4 Å². The minimum Gasteiger partial charge on any atom is -0.480 e. The highest BCUT2D eigenvalue weighted by atomic mass is 35.5. The Balaban J connectivity index is 2.81. The van der Waals surface area contributed by atoms with Gasteiger partial charge in [0, 0.05) is 0 Å². The van der Waals surface area contributed by atoms with Crippen LogP contribution in [-0.4, -0.2) is 33.0 Å². The molecule has 1 aromatic heterocycles. The highest BCUT2D eigenvalue weighted by Gasteiger charge is 2.24. The van der Waals surface area contributed by atoms with Crippen LogP contribution in [-0.2, 0) is 4.79 Å². The lowest BCUT2D eigenvalue weighted by Crippen LogP contribution is -2.44. The van der Waals surface area contributed by atoms with Gasteiger partial charge in [-0.3, -0.25) is 9.78 Å². The zero-order valence-electron chi connectivity index (χ0n) is 9.35. The molecule has 1 atom stereocenters. The van der Waals surface area contributed by atoms with Crippen LogP contribution in [0.2, 0.25) is 5.15 Å². The fourth-order valence-corrected chi connectivity index (χ4v) is 1.33. The smallest absolute Gasteiger partial charge is 0.326 e. The van der Waals surface area contributed by atoms with Gasteiger partial charge in [0.15, 0.2) is 0 Å². The first-order valence-electron chi connectivity index (χ1n) is 4.93. The van der Waals surface area contributed by atoms with Gasteiger partial charge in [0.25, 0.3) is 5.91 Å². The Bertz CT molecular complexity index is 437. The van der Waals surface area contributed by atoms with Gasteiger partial charge in [-0.05, 0) is 5.92 Å². The first-order valence-corrected chi connectivity index (χ1v) is 5.31. The number of carboxylic acid groups (broad SMARTS) is 1. The van der Waals surface area contributed by atoms with Gasteiger partial charge in [-0.15, -0.1) is 0 Å². The van der Waals surface area contributed by atoms with E-state index in [9.17, 15) is 9.59 Å². The van der Waals surface area contributed by atoms with Gasteiger partial charge in [-0.1, -0.05) is 25.4 Å². The molecule has 2 N–H and O–H groups in total. The molecule has 0 aliphatic heterocycles. The Kier molecular flexibility index (Phi) is 4.39. The molecule has 1 amide bonds. The summed E-state index contributed by atoms with van der Waals surface area (Å²) >= 11 is 5.58. The molecule has 0 aliphatic rings. The van der Waals surface area contributed by atoms with E-state index >= 15 is 0 Å². The second kappa shape index (κ2) is 5.58. The average molecular weight is 258 g/mol. The highest BCUT2D eigenvalue weighted by Crippen LogP contribution is 2.05. The summed E-state index contributed by atoms with van der Waals surface area (Å²) in [6, 6.07) is -0.969. The number of hydrogen-bond acceptors (Lipinski definition) is 4. The summed E-state index contributed by atoms with van der Waals surface area (Å²) in [6.07, 6.45) is 2.51. The van der Waals surface area contributed by atoms with Gasteiger partial charge in [0.1, 0.15) is 16.9 Å². The maximum absolute atomic E-state index is 11.7. The molecular weight excluding hydrogens is 246 g/mol. The molecule has 6 nitrogen and oxygen atoms in total. The first kappa shape index (κ1) is 13.4. The fourth-order valence-electron chi connectivity index (χ4n) is 1.18. The molecule has 0 radical (unpaired) electrons. The van der Waals surface area contributed by atoms with E-state index in [1.54, 1.807) is 13.8 Å². The molecule has 0 spiro atoms. The standard InChI is InChI=1S/C10H12ClN3O3/c1-5(2)8(10(16)17)14-9(15)6-3-12-4-7(11)13-6/h3-5,8H,1-2H3,(H,14,15)(H,16,17)/t8-/m1/s1. The quantitative estimate of drug-likeness (QED) is 0.838. The average Bonchev–Trinajstić information content (AvgIpc) is 2.24. The number of nitrogens with one attached hydrogen (secondary N) is 1. The lowest BCUT2D eigenvalue weighted by molar-refractivity contribution is -0.140. The fraction of sp³-hybridized carbons (Fsp3) is 0.400. The van der Waals surface area contributed by atoms with E-state index in [4.69, 9.17) is 16.7 Å². The Labute approximate surface area is 103 Å². The van der Waals surface area contributed by atoms with Gasteiger partial charge in [-0.2, -0.15) is 0 Å². The van der Waals surface area contributed by atoms with Crippen LogP contribution in [0.25, 0.3) is 0 Å². The Morgan fingerprint density at radius 3 is 2.53 bits per heavy atom. The summed E-state index contributed by atoms with van der Waals surface area (Å²) in [5, 5.41) is 11.4. The lowest BCUT2D eigenvalue weighted by Gasteiger charge is -2.17. The number of aliphatic carboxylic acids is 1. The number of carboxylic acids is 1. The van der Waals surface area contributed by atoms with Crippen molar-refractivity contribution in [2.45, 2.75) is 19.9 Å². The van der Waals surface area contributed by atoms with Crippen molar-refractivity contribution in [3.05, 3.63) is 23.2 Å². The van der Waals surface area contributed by atoms with Crippen LogP contribution in [0.4, 0.5) is 0 Å². The minimum absolute atomic E-state index is 0.00981. The Morgan fingerprint density at radius 2 is 2.06 bits per heavy atom.